The van der Waals surface area contributed by atoms with Gasteiger partial charge >= 0.3 is 0 Å². The lowest BCUT2D eigenvalue weighted by Crippen LogP contribution is -2.52. The summed E-state index contributed by atoms with van der Waals surface area (Å²) in [5.74, 6) is -1.12. The molecule has 2 aliphatic rings. The van der Waals surface area contributed by atoms with Crippen molar-refractivity contribution in [1.82, 2.24) is 5.06 Å². The lowest BCUT2D eigenvalue weighted by molar-refractivity contribution is -0.181. The zero-order valence-corrected chi connectivity index (χ0v) is 21.1. The van der Waals surface area contributed by atoms with Gasteiger partial charge in [0.05, 0.1) is 20.1 Å². The van der Waals surface area contributed by atoms with E-state index in [0.29, 0.717) is 22.6 Å². The molecule has 3 aromatic rings. The molecule has 1 fully saturated rings. The first kappa shape index (κ1) is 24.3. The Morgan fingerprint density at radius 1 is 1.03 bits per heavy atom. The molecular formula is C29H31NO6. The molecule has 3 aromatic carbocycles. The summed E-state index contributed by atoms with van der Waals surface area (Å²) in [6, 6.07) is 20.5. The Bertz CT molecular complexity index is 1290. The van der Waals surface area contributed by atoms with Gasteiger partial charge in [-0.3, -0.25) is 9.63 Å². The predicted molar refractivity (Wildman–Crippen MR) is 134 cm³/mol. The molecule has 0 spiro atoms. The van der Waals surface area contributed by atoms with Gasteiger partial charge in [-0.05, 0) is 54.3 Å². The zero-order chi connectivity index (χ0) is 25.8. The number of hydrogen-bond donors (Lipinski definition) is 2. The third-order valence-electron chi connectivity index (χ3n) is 7.77. The van der Waals surface area contributed by atoms with E-state index < -0.39 is 35.0 Å². The van der Waals surface area contributed by atoms with Crippen LogP contribution in [0.2, 0.25) is 0 Å². The number of rotatable bonds is 5. The molecule has 1 aliphatic heterocycles. The van der Waals surface area contributed by atoms with Crippen LogP contribution in [0.1, 0.15) is 33.7 Å². The zero-order valence-electron chi connectivity index (χ0n) is 21.1. The maximum atomic E-state index is 13.7. The highest BCUT2D eigenvalue weighted by molar-refractivity contribution is 5.82. The molecule has 0 aromatic heterocycles. The summed E-state index contributed by atoms with van der Waals surface area (Å²) in [4.78, 5) is 18.9. The van der Waals surface area contributed by atoms with Crippen molar-refractivity contribution in [2.24, 2.45) is 5.92 Å². The first-order valence-corrected chi connectivity index (χ1v) is 11.9. The van der Waals surface area contributed by atoms with Gasteiger partial charge in [-0.1, -0.05) is 48.5 Å². The minimum atomic E-state index is -1.93. The topological polar surface area (TPSA) is 88.5 Å². The van der Waals surface area contributed by atoms with Gasteiger partial charge in [-0.15, -0.1) is 0 Å². The van der Waals surface area contributed by atoms with Crippen molar-refractivity contribution in [2.75, 3.05) is 21.3 Å². The highest BCUT2D eigenvalue weighted by Crippen LogP contribution is 2.69. The number of aliphatic hydroxyl groups is 2. The monoisotopic (exact) mass is 489 g/mol. The van der Waals surface area contributed by atoms with Crippen molar-refractivity contribution in [3.8, 4) is 11.5 Å². The SMILES string of the molecule is COc1ccc([C@@]23Oc4cc(C)cc(C)c4[C@]2(O)[C@H](O)[C@H](C(=O)N(C)OC)[C@H]3c2ccccc2)cc1. The fourth-order valence-electron chi connectivity index (χ4n) is 6.27. The van der Waals surface area contributed by atoms with E-state index in [0.717, 1.165) is 21.8 Å². The minimum Gasteiger partial charge on any atom is -0.497 e. The van der Waals surface area contributed by atoms with E-state index in [2.05, 4.69) is 0 Å². The fraction of sp³-hybridized carbons (Fsp3) is 0.345. The number of carbonyl (C=O) groups excluding carboxylic acids is 1. The van der Waals surface area contributed by atoms with Crippen LogP contribution in [0.15, 0.2) is 66.7 Å². The van der Waals surface area contributed by atoms with Gasteiger partial charge in [-0.2, -0.15) is 0 Å². The van der Waals surface area contributed by atoms with E-state index >= 15 is 0 Å². The molecule has 36 heavy (non-hydrogen) atoms. The summed E-state index contributed by atoms with van der Waals surface area (Å²) >= 11 is 0. The molecule has 188 valence electrons. The Balaban J connectivity index is 1.87. The molecule has 5 atom stereocenters. The number of aliphatic hydroxyl groups excluding tert-OH is 1. The summed E-state index contributed by atoms with van der Waals surface area (Å²) < 4.78 is 12.2. The van der Waals surface area contributed by atoms with E-state index in [1.54, 1.807) is 19.2 Å². The summed E-state index contributed by atoms with van der Waals surface area (Å²) in [5, 5.41) is 25.8. The Labute approximate surface area is 210 Å². The predicted octanol–water partition coefficient (Wildman–Crippen LogP) is 3.58. The fourth-order valence-corrected chi connectivity index (χ4v) is 6.27. The van der Waals surface area contributed by atoms with Gasteiger partial charge in [-0.25, -0.2) is 5.06 Å². The van der Waals surface area contributed by atoms with Gasteiger partial charge < -0.3 is 19.7 Å². The number of methoxy groups -OCH3 is 1. The van der Waals surface area contributed by atoms with Crippen molar-refractivity contribution in [3.63, 3.8) is 0 Å². The third-order valence-corrected chi connectivity index (χ3v) is 7.77. The molecule has 0 saturated heterocycles. The second-order valence-corrected chi connectivity index (χ2v) is 9.66. The lowest BCUT2D eigenvalue weighted by Gasteiger charge is -2.41. The molecule has 7 nitrogen and oxygen atoms in total. The van der Waals surface area contributed by atoms with Gasteiger partial charge in [0.1, 0.15) is 17.6 Å². The standard InChI is InChI=1S/C29H31NO6/c1-17-15-18(2)24-22(16-17)36-29(20-11-13-21(34-4)14-12-20)25(19-9-7-6-8-10-19)23(26(31)28(24,29)33)27(32)30(3)35-5/h6-16,23,25-26,31,33H,1-5H3/t23-,25-,26-,28+,29+/m1/s1. The number of benzene rings is 3. The number of amides is 1. The Hall–Kier alpha value is -3.39. The Kier molecular flexibility index (Phi) is 5.82. The molecular weight excluding hydrogens is 458 g/mol. The van der Waals surface area contributed by atoms with Gasteiger partial charge in [0.2, 0.25) is 0 Å². The van der Waals surface area contributed by atoms with Crippen molar-refractivity contribution in [2.45, 2.75) is 37.1 Å². The van der Waals surface area contributed by atoms with Crippen LogP contribution in [-0.2, 0) is 20.8 Å². The van der Waals surface area contributed by atoms with Crippen LogP contribution < -0.4 is 9.47 Å². The summed E-state index contributed by atoms with van der Waals surface area (Å²) in [6.07, 6.45) is -1.49. The molecule has 2 N–H and O–H groups in total. The summed E-state index contributed by atoms with van der Waals surface area (Å²) in [6.45, 7) is 3.85. The van der Waals surface area contributed by atoms with E-state index in [1.165, 1.54) is 14.2 Å². The largest absolute Gasteiger partial charge is 0.497 e. The van der Waals surface area contributed by atoms with E-state index in [1.807, 2.05) is 68.4 Å². The molecule has 5 rings (SSSR count). The minimum absolute atomic E-state index is 0.454. The molecule has 1 aliphatic carbocycles. The highest BCUT2D eigenvalue weighted by Gasteiger charge is 2.77. The lowest BCUT2D eigenvalue weighted by atomic mass is 9.70. The van der Waals surface area contributed by atoms with Crippen molar-refractivity contribution in [1.29, 1.82) is 0 Å². The van der Waals surface area contributed by atoms with Crippen LogP contribution in [0.5, 0.6) is 11.5 Å². The van der Waals surface area contributed by atoms with Crippen LogP contribution in [0.4, 0.5) is 0 Å². The maximum absolute atomic E-state index is 13.7. The number of nitrogens with zero attached hydrogens (tertiary/aromatic N) is 1. The number of carbonyl (C=O) groups is 1. The normalized spacial score (nSPS) is 28.2. The summed E-state index contributed by atoms with van der Waals surface area (Å²) in [7, 11) is 4.47. The molecule has 1 saturated carbocycles. The molecule has 1 amide bonds. The van der Waals surface area contributed by atoms with E-state index in [9.17, 15) is 15.0 Å². The van der Waals surface area contributed by atoms with Crippen LogP contribution in [-0.4, -0.2) is 48.6 Å². The molecule has 1 heterocycles. The smallest absolute Gasteiger partial charge is 0.252 e. The second kappa shape index (κ2) is 8.62. The van der Waals surface area contributed by atoms with Crippen LogP contribution >= 0.6 is 0 Å². The Morgan fingerprint density at radius 2 is 1.69 bits per heavy atom. The summed E-state index contributed by atoms with van der Waals surface area (Å²) in [5.41, 5.74) is 0.197. The van der Waals surface area contributed by atoms with Gasteiger partial charge in [0.25, 0.3) is 5.91 Å². The number of aryl methyl sites for hydroxylation is 2. The average Bonchev–Trinajstić information content (AvgIpc) is 3.26. The van der Waals surface area contributed by atoms with E-state index in [4.69, 9.17) is 14.3 Å². The molecule has 0 radical (unpaired) electrons. The molecule has 0 unspecified atom stereocenters. The van der Waals surface area contributed by atoms with Crippen molar-refractivity contribution < 1.29 is 29.3 Å². The van der Waals surface area contributed by atoms with Gasteiger partial charge in [0, 0.05) is 18.5 Å². The quantitative estimate of drug-likeness (QED) is 0.533. The maximum Gasteiger partial charge on any atom is 0.252 e. The first-order valence-electron chi connectivity index (χ1n) is 11.9. The average molecular weight is 490 g/mol. The third kappa shape index (κ3) is 3.13. The second-order valence-electron chi connectivity index (χ2n) is 9.66. The highest BCUT2D eigenvalue weighted by atomic mass is 16.7. The Morgan fingerprint density at radius 3 is 2.31 bits per heavy atom. The number of hydrogen-bond acceptors (Lipinski definition) is 6. The number of fused-ring (bicyclic) bond motifs is 3. The van der Waals surface area contributed by atoms with Crippen LogP contribution in [0.25, 0.3) is 0 Å². The van der Waals surface area contributed by atoms with Crippen LogP contribution in [0.3, 0.4) is 0 Å². The number of ether oxygens (including phenoxy) is 2. The molecule has 7 heteroatoms. The van der Waals surface area contributed by atoms with Crippen LogP contribution in [0, 0.1) is 19.8 Å². The first-order chi connectivity index (χ1) is 17.2. The van der Waals surface area contributed by atoms with Gasteiger partial charge in [0.15, 0.2) is 11.2 Å². The van der Waals surface area contributed by atoms with E-state index in [-0.39, 0.29) is 0 Å². The number of hydroxylamine groups is 2. The molecule has 0 bridgehead atoms. The van der Waals surface area contributed by atoms with Crippen molar-refractivity contribution in [3.05, 3.63) is 94.5 Å². The van der Waals surface area contributed by atoms with Crippen molar-refractivity contribution >= 4 is 5.91 Å².